The molecule has 2 N–H and O–H groups in total. The Morgan fingerprint density at radius 3 is 2.68 bits per heavy atom. The molecule has 0 unspecified atom stereocenters. The number of nitrogens with zero attached hydrogens (tertiary/aromatic N) is 1. The second-order valence-electron chi connectivity index (χ2n) is 5.62. The summed E-state index contributed by atoms with van der Waals surface area (Å²) in [5, 5.41) is 10.1. The van der Waals surface area contributed by atoms with Crippen LogP contribution in [0.3, 0.4) is 0 Å². The molecule has 0 radical (unpaired) electrons. The molecule has 142 valence electrons. The first-order valence-corrected chi connectivity index (χ1v) is 8.87. The molecule has 7 heteroatoms. The van der Waals surface area contributed by atoms with Crippen molar-refractivity contribution in [2.45, 2.75) is 0 Å². The summed E-state index contributed by atoms with van der Waals surface area (Å²) in [6.45, 7) is 0.370. The van der Waals surface area contributed by atoms with Crippen molar-refractivity contribution >= 4 is 17.5 Å². The molecular weight excluding hydrogens is 378 g/mol. The number of methoxy groups -OCH3 is 1. The first kappa shape index (κ1) is 19.3. The van der Waals surface area contributed by atoms with E-state index in [1.807, 2.05) is 36.4 Å². The van der Waals surface area contributed by atoms with Crippen molar-refractivity contribution in [2.75, 3.05) is 20.3 Å². The van der Waals surface area contributed by atoms with Gasteiger partial charge in [0.05, 0.1) is 24.4 Å². The average molecular weight is 396 g/mol. The third kappa shape index (κ3) is 4.84. The molecule has 0 saturated heterocycles. The summed E-state index contributed by atoms with van der Waals surface area (Å²) in [5.41, 5.74) is 1.77. The van der Waals surface area contributed by atoms with Crippen LogP contribution in [0.1, 0.15) is 10.5 Å². The van der Waals surface area contributed by atoms with Gasteiger partial charge in [-0.2, -0.15) is 5.10 Å². The van der Waals surface area contributed by atoms with Crippen LogP contribution in [-0.2, 0) is 0 Å². The van der Waals surface area contributed by atoms with Gasteiger partial charge < -0.3 is 14.8 Å². The third-order valence-corrected chi connectivity index (χ3v) is 4.12. The van der Waals surface area contributed by atoms with E-state index < -0.39 is 0 Å². The summed E-state index contributed by atoms with van der Waals surface area (Å²) in [6, 6.07) is 16.3. The van der Waals surface area contributed by atoms with E-state index in [1.54, 1.807) is 25.3 Å². The number of aromatic nitrogens is 2. The number of aromatic amines is 1. The number of amides is 1. The Kier molecular flexibility index (Phi) is 6.55. The molecule has 0 fully saturated rings. The van der Waals surface area contributed by atoms with E-state index in [0.29, 0.717) is 27.9 Å². The summed E-state index contributed by atoms with van der Waals surface area (Å²) in [7, 11) is 1.59. The summed E-state index contributed by atoms with van der Waals surface area (Å²) in [6.07, 6.45) is 0. The lowest BCUT2D eigenvalue weighted by molar-refractivity contribution is 0.0953. The number of H-pyrrole nitrogens is 1. The van der Waals surface area contributed by atoms with Crippen LogP contribution in [0, 0.1) is 11.8 Å². The fourth-order valence-electron chi connectivity index (χ4n) is 2.44. The molecule has 0 aliphatic carbocycles. The standard InChI is InChI=1S/C21H18ClN3O3/c1-27-19-10-4-2-8-15(19)17-14-18(25-24-17)21(26)23-12-6-7-13-28-20-11-5-3-9-16(20)22/h2-5,8-11,14H,12-13H2,1H3,(H,23,26)(H,24,25). The highest BCUT2D eigenvalue weighted by Crippen LogP contribution is 2.28. The number of ether oxygens (including phenoxy) is 2. The van der Waals surface area contributed by atoms with Gasteiger partial charge in [-0.25, -0.2) is 0 Å². The van der Waals surface area contributed by atoms with Crippen molar-refractivity contribution in [3.8, 4) is 34.6 Å². The predicted octanol–water partition coefficient (Wildman–Crippen LogP) is 3.55. The number of para-hydroxylation sites is 2. The van der Waals surface area contributed by atoms with Gasteiger partial charge in [-0.05, 0) is 30.3 Å². The summed E-state index contributed by atoms with van der Waals surface area (Å²) >= 11 is 5.99. The van der Waals surface area contributed by atoms with Gasteiger partial charge >= 0.3 is 0 Å². The number of halogens is 1. The fourth-order valence-corrected chi connectivity index (χ4v) is 2.63. The van der Waals surface area contributed by atoms with Crippen molar-refractivity contribution < 1.29 is 14.3 Å². The number of benzene rings is 2. The average Bonchev–Trinajstić information content (AvgIpc) is 3.22. The molecule has 3 rings (SSSR count). The molecule has 0 aliphatic heterocycles. The number of carbonyl (C=O) groups is 1. The zero-order valence-electron chi connectivity index (χ0n) is 15.2. The first-order chi connectivity index (χ1) is 13.7. The molecule has 0 bridgehead atoms. The number of nitrogens with one attached hydrogen (secondary N) is 2. The normalized spacial score (nSPS) is 9.93. The Labute approximate surface area is 167 Å². The fraction of sp³-hybridized carbons (Fsp3) is 0.143. The Morgan fingerprint density at radius 1 is 1.14 bits per heavy atom. The minimum atomic E-state index is -0.296. The Hall–Kier alpha value is -3.43. The molecule has 2 aromatic carbocycles. The number of hydrogen-bond acceptors (Lipinski definition) is 4. The second kappa shape index (κ2) is 9.49. The largest absolute Gasteiger partial charge is 0.496 e. The van der Waals surface area contributed by atoms with Gasteiger partial charge in [0.1, 0.15) is 23.8 Å². The zero-order chi connectivity index (χ0) is 19.8. The maximum atomic E-state index is 12.2. The van der Waals surface area contributed by atoms with Crippen LogP contribution in [0.15, 0.2) is 54.6 Å². The van der Waals surface area contributed by atoms with Crippen LogP contribution >= 0.6 is 11.6 Å². The van der Waals surface area contributed by atoms with Gasteiger partial charge in [0.15, 0.2) is 0 Å². The highest BCUT2D eigenvalue weighted by molar-refractivity contribution is 6.32. The van der Waals surface area contributed by atoms with E-state index in [-0.39, 0.29) is 19.1 Å². The van der Waals surface area contributed by atoms with Crippen LogP contribution < -0.4 is 14.8 Å². The van der Waals surface area contributed by atoms with Gasteiger partial charge in [-0.15, -0.1) is 0 Å². The summed E-state index contributed by atoms with van der Waals surface area (Å²) in [5.74, 6) is 6.62. The van der Waals surface area contributed by atoms with Gasteiger partial charge in [-0.1, -0.05) is 47.7 Å². The topological polar surface area (TPSA) is 76.2 Å². The molecular formula is C21H18ClN3O3. The molecule has 1 amide bonds. The lowest BCUT2D eigenvalue weighted by Crippen LogP contribution is -2.24. The molecule has 1 aromatic heterocycles. The maximum absolute atomic E-state index is 12.2. The Bertz CT molecular complexity index is 1020. The summed E-state index contributed by atoms with van der Waals surface area (Å²) in [4.78, 5) is 12.2. The van der Waals surface area contributed by atoms with E-state index in [0.717, 1.165) is 5.56 Å². The van der Waals surface area contributed by atoms with E-state index in [1.165, 1.54) is 0 Å². The maximum Gasteiger partial charge on any atom is 0.270 e. The van der Waals surface area contributed by atoms with Crippen molar-refractivity contribution in [2.24, 2.45) is 0 Å². The lowest BCUT2D eigenvalue weighted by atomic mass is 10.1. The Balaban J connectivity index is 1.51. The van der Waals surface area contributed by atoms with Crippen LogP contribution in [0.5, 0.6) is 11.5 Å². The van der Waals surface area contributed by atoms with E-state index in [9.17, 15) is 4.79 Å². The number of rotatable bonds is 6. The monoisotopic (exact) mass is 395 g/mol. The highest BCUT2D eigenvalue weighted by Gasteiger charge is 2.12. The van der Waals surface area contributed by atoms with Crippen molar-refractivity contribution in [1.82, 2.24) is 15.5 Å². The number of hydrogen-bond donors (Lipinski definition) is 2. The molecule has 3 aromatic rings. The van der Waals surface area contributed by atoms with Crippen LogP contribution in [0.4, 0.5) is 0 Å². The number of carbonyl (C=O) groups excluding carboxylic acids is 1. The second-order valence-corrected chi connectivity index (χ2v) is 6.03. The van der Waals surface area contributed by atoms with Gasteiger partial charge in [-0.3, -0.25) is 9.89 Å². The highest BCUT2D eigenvalue weighted by atomic mass is 35.5. The van der Waals surface area contributed by atoms with E-state index >= 15 is 0 Å². The van der Waals surface area contributed by atoms with E-state index in [4.69, 9.17) is 21.1 Å². The minimum absolute atomic E-state index is 0.182. The van der Waals surface area contributed by atoms with Crippen LogP contribution in [0.25, 0.3) is 11.3 Å². The van der Waals surface area contributed by atoms with Crippen LogP contribution in [0.2, 0.25) is 5.02 Å². The summed E-state index contributed by atoms with van der Waals surface area (Å²) < 4.78 is 10.8. The Morgan fingerprint density at radius 2 is 1.89 bits per heavy atom. The SMILES string of the molecule is COc1ccccc1-c1cc(C(=O)NCC#CCOc2ccccc2Cl)[nH]n1. The van der Waals surface area contributed by atoms with Gasteiger partial charge in [0.2, 0.25) is 0 Å². The quantitative estimate of drug-likeness (QED) is 0.626. The zero-order valence-corrected chi connectivity index (χ0v) is 15.9. The smallest absolute Gasteiger partial charge is 0.270 e. The molecule has 0 atom stereocenters. The van der Waals surface area contributed by atoms with Gasteiger partial charge in [0.25, 0.3) is 5.91 Å². The molecule has 28 heavy (non-hydrogen) atoms. The molecule has 0 spiro atoms. The molecule has 1 heterocycles. The van der Waals surface area contributed by atoms with Crippen molar-refractivity contribution in [3.63, 3.8) is 0 Å². The molecule has 0 aliphatic rings. The molecule has 0 saturated carbocycles. The van der Waals surface area contributed by atoms with E-state index in [2.05, 4.69) is 27.4 Å². The lowest BCUT2D eigenvalue weighted by Gasteiger charge is -2.04. The molecule has 6 nitrogen and oxygen atoms in total. The third-order valence-electron chi connectivity index (χ3n) is 3.80. The van der Waals surface area contributed by atoms with Crippen molar-refractivity contribution in [1.29, 1.82) is 0 Å². The van der Waals surface area contributed by atoms with Crippen molar-refractivity contribution in [3.05, 3.63) is 65.3 Å². The minimum Gasteiger partial charge on any atom is -0.496 e. The first-order valence-electron chi connectivity index (χ1n) is 8.49. The van der Waals surface area contributed by atoms with Gasteiger partial charge in [0, 0.05) is 5.56 Å². The predicted molar refractivity (Wildman–Crippen MR) is 108 cm³/mol. The van der Waals surface area contributed by atoms with Crippen LogP contribution in [-0.4, -0.2) is 36.4 Å².